The largest absolute Gasteiger partial charge is 0.488 e. The fourth-order valence-electron chi connectivity index (χ4n) is 2.95. The van der Waals surface area contributed by atoms with E-state index in [0.717, 1.165) is 28.4 Å². The lowest BCUT2D eigenvalue weighted by atomic mass is 10.0. The molecular weight excluding hydrogens is 318 g/mol. The van der Waals surface area contributed by atoms with Gasteiger partial charge in [0.15, 0.2) is 11.5 Å². The van der Waals surface area contributed by atoms with Crippen LogP contribution in [0.15, 0.2) is 48.0 Å². The monoisotopic (exact) mass is 337 g/mol. The molecule has 4 rings (SSSR count). The Kier molecular flexibility index (Phi) is 4.06. The van der Waals surface area contributed by atoms with E-state index in [4.69, 9.17) is 14.2 Å². The van der Waals surface area contributed by atoms with Crippen molar-refractivity contribution >= 4 is 12.0 Å². The van der Waals surface area contributed by atoms with Gasteiger partial charge in [0.1, 0.15) is 25.6 Å². The Morgan fingerprint density at radius 2 is 1.80 bits per heavy atom. The molecule has 0 bridgehead atoms. The zero-order valence-electron chi connectivity index (χ0n) is 14.0. The second-order valence-corrected chi connectivity index (χ2v) is 6.09. The van der Waals surface area contributed by atoms with E-state index in [1.165, 1.54) is 0 Å². The summed E-state index contributed by atoms with van der Waals surface area (Å²) in [4.78, 5) is 12.6. The minimum Gasteiger partial charge on any atom is -0.488 e. The summed E-state index contributed by atoms with van der Waals surface area (Å²) in [5.41, 5.74) is 2.50. The van der Waals surface area contributed by atoms with Crippen molar-refractivity contribution in [2.24, 2.45) is 0 Å². The molecule has 128 valence electrons. The molecule has 1 unspecified atom stereocenters. The molecule has 2 aliphatic heterocycles. The molecule has 25 heavy (non-hydrogen) atoms. The Morgan fingerprint density at radius 1 is 1.00 bits per heavy atom. The number of hydrogen-bond acceptors (Lipinski definition) is 4. The molecule has 1 N–H and O–H groups in total. The molecule has 0 saturated heterocycles. The number of carbonyl (C=O) groups is 1. The summed E-state index contributed by atoms with van der Waals surface area (Å²) in [6.45, 7) is 3.33. The Morgan fingerprint density at radius 3 is 2.68 bits per heavy atom. The first kappa shape index (κ1) is 15.6. The van der Waals surface area contributed by atoms with E-state index >= 15 is 0 Å². The minimum atomic E-state index is -0.151. The number of rotatable bonds is 3. The molecule has 2 aliphatic rings. The highest BCUT2D eigenvalue weighted by atomic mass is 16.6. The second-order valence-electron chi connectivity index (χ2n) is 6.09. The number of hydrogen-bond donors (Lipinski definition) is 1. The van der Waals surface area contributed by atoms with Crippen LogP contribution in [-0.4, -0.2) is 25.7 Å². The lowest BCUT2D eigenvalue weighted by Gasteiger charge is -2.22. The molecular formula is C20H19NO4. The van der Waals surface area contributed by atoms with Crippen LogP contribution in [0.5, 0.6) is 17.2 Å². The number of fused-ring (bicyclic) bond motifs is 2. The summed E-state index contributed by atoms with van der Waals surface area (Å²) in [6.07, 6.45) is 1.88. The van der Waals surface area contributed by atoms with Gasteiger partial charge in [0.2, 0.25) is 0 Å². The molecule has 0 saturated carbocycles. The lowest BCUT2D eigenvalue weighted by molar-refractivity contribution is -0.118. The molecule has 5 heteroatoms. The molecule has 0 aliphatic carbocycles. The van der Waals surface area contributed by atoms with Gasteiger partial charge in [0, 0.05) is 5.56 Å². The number of ether oxygens (including phenoxy) is 3. The first-order valence-corrected chi connectivity index (χ1v) is 8.33. The van der Waals surface area contributed by atoms with Crippen molar-refractivity contribution in [3.05, 3.63) is 59.2 Å². The zero-order chi connectivity index (χ0) is 17.2. The first-order chi connectivity index (χ1) is 12.2. The predicted octanol–water partition coefficient (Wildman–Crippen LogP) is 3.11. The van der Waals surface area contributed by atoms with Gasteiger partial charge >= 0.3 is 0 Å². The van der Waals surface area contributed by atoms with Crippen LogP contribution >= 0.6 is 0 Å². The van der Waals surface area contributed by atoms with Gasteiger partial charge in [-0.1, -0.05) is 24.3 Å². The van der Waals surface area contributed by atoms with Gasteiger partial charge in [-0.15, -0.1) is 0 Å². The highest BCUT2D eigenvalue weighted by molar-refractivity contribution is 5.99. The second kappa shape index (κ2) is 6.51. The first-order valence-electron chi connectivity index (χ1n) is 8.33. The molecule has 0 fully saturated rings. The van der Waals surface area contributed by atoms with Gasteiger partial charge in [-0.3, -0.25) is 4.79 Å². The molecule has 1 amide bonds. The maximum atomic E-state index is 12.6. The van der Waals surface area contributed by atoms with Crippen LogP contribution in [-0.2, 0) is 4.79 Å². The molecule has 1 atom stereocenters. The van der Waals surface area contributed by atoms with E-state index < -0.39 is 0 Å². The van der Waals surface area contributed by atoms with Crippen molar-refractivity contribution < 1.29 is 19.0 Å². The smallest absolute Gasteiger partial charge is 0.251 e. The number of para-hydroxylation sites is 1. The van der Waals surface area contributed by atoms with Crippen molar-refractivity contribution in [2.45, 2.75) is 13.0 Å². The summed E-state index contributed by atoms with van der Waals surface area (Å²) in [5, 5.41) is 3.02. The number of benzene rings is 2. The summed E-state index contributed by atoms with van der Waals surface area (Å²) < 4.78 is 16.8. The summed E-state index contributed by atoms with van der Waals surface area (Å²) in [6, 6.07) is 13.3. The average Bonchev–Trinajstić information content (AvgIpc) is 2.67. The molecule has 0 radical (unpaired) electrons. The van der Waals surface area contributed by atoms with Crippen LogP contribution in [0.3, 0.4) is 0 Å². The molecule has 2 heterocycles. The predicted molar refractivity (Wildman–Crippen MR) is 93.9 cm³/mol. The van der Waals surface area contributed by atoms with E-state index in [0.29, 0.717) is 18.8 Å². The number of nitrogens with one attached hydrogen (secondary N) is 1. The van der Waals surface area contributed by atoms with E-state index in [2.05, 4.69) is 5.32 Å². The zero-order valence-corrected chi connectivity index (χ0v) is 14.0. The molecule has 2 aromatic rings. The van der Waals surface area contributed by atoms with Crippen LogP contribution in [0, 0.1) is 0 Å². The third-order valence-electron chi connectivity index (χ3n) is 4.34. The lowest BCUT2D eigenvalue weighted by Crippen LogP contribution is -2.31. The van der Waals surface area contributed by atoms with Crippen LogP contribution in [0.1, 0.15) is 24.1 Å². The van der Waals surface area contributed by atoms with E-state index in [1.807, 2.05) is 55.5 Å². The van der Waals surface area contributed by atoms with Gasteiger partial charge in [-0.2, -0.15) is 0 Å². The van der Waals surface area contributed by atoms with Gasteiger partial charge in [0.25, 0.3) is 5.91 Å². The van der Waals surface area contributed by atoms with Crippen molar-refractivity contribution in [1.82, 2.24) is 5.32 Å². The average molecular weight is 337 g/mol. The normalized spacial score (nSPS) is 16.1. The maximum absolute atomic E-state index is 12.6. The van der Waals surface area contributed by atoms with Gasteiger partial charge in [-0.25, -0.2) is 0 Å². The van der Waals surface area contributed by atoms with Crippen molar-refractivity contribution in [3.8, 4) is 17.2 Å². The maximum Gasteiger partial charge on any atom is 0.251 e. The SMILES string of the molecule is CC(NC(=O)C1=Cc2ccccc2OC1)c1ccc2c(c1)OCCO2. The Labute approximate surface area is 146 Å². The van der Waals surface area contributed by atoms with Gasteiger partial charge < -0.3 is 19.5 Å². The van der Waals surface area contributed by atoms with Gasteiger partial charge in [-0.05, 0) is 36.8 Å². The highest BCUT2D eigenvalue weighted by Crippen LogP contribution is 2.33. The summed E-state index contributed by atoms with van der Waals surface area (Å²) in [5.74, 6) is 2.14. The number of carbonyl (C=O) groups excluding carboxylic acids is 1. The Bertz CT molecular complexity index is 843. The standard InChI is InChI=1S/C20H19NO4/c1-13(14-6-7-18-19(11-14)24-9-8-23-18)21-20(22)16-10-15-4-2-3-5-17(15)25-12-16/h2-7,10-11,13H,8-9,12H2,1H3,(H,21,22). The molecule has 5 nitrogen and oxygen atoms in total. The van der Waals surface area contributed by atoms with E-state index in [-0.39, 0.29) is 18.6 Å². The fraction of sp³-hybridized carbons (Fsp3) is 0.250. The summed E-state index contributed by atoms with van der Waals surface area (Å²) in [7, 11) is 0. The van der Waals surface area contributed by atoms with Crippen LogP contribution in [0.25, 0.3) is 6.08 Å². The quantitative estimate of drug-likeness (QED) is 0.935. The molecule has 0 spiro atoms. The van der Waals surface area contributed by atoms with Crippen LogP contribution in [0.4, 0.5) is 0 Å². The third kappa shape index (κ3) is 3.18. The van der Waals surface area contributed by atoms with Crippen molar-refractivity contribution in [1.29, 1.82) is 0 Å². The van der Waals surface area contributed by atoms with E-state index in [9.17, 15) is 4.79 Å². The van der Waals surface area contributed by atoms with Gasteiger partial charge in [0.05, 0.1) is 11.6 Å². The Hall–Kier alpha value is -2.95. The van der Waals surface area contributed by atoms with E-state index in [1.54, 1.807) is 0 Å². The van der Waals surface area contributed by atoms with Crippen LogP contribution in [0.2, 0.25) is 0 Å². The fourth-order valence-corrected chi connectivity index (χ4v) is 2.95. The highest BCUT2D eigenvalue weighted by Gasteiger charge is 2.20. The minimum absolute atomic E-state index is 0.128. The number of amides is 1. The van der Waals surface area contributed by atoms with Crippen molar-refractivity contribution in [2.75, 3.05) is 19.8 Å². The third-order valence-corrected chi connectivity index (χ3v) is 4.34. The molecule has 2 aromatic carbocycles. The summed E-state index contributed by atoms with van der Waals surface area (Å²) >= 11 is 0. The van der Waals surface area contributed by atoms with Crippen molar-refractivity contribution in [3.63, 3.8) is 0 Å². The Balaban J connectivity index is 1.48. The molecule has 0 aromatic heterocycles. The van der Waals surface area contributed by atoms with Crippen LogP contribution < -0.4 is 19.5 Å². The topological polar surface area (TPSA) is 56.8 Å².